The van der Waals surface area contributed by atoms with Gasteiger partial charge in [-0.25, -0.2) is 0 Å². The predicted octanol–water partition coefficient (Wildman–Crippen LogP) is 3.13. The van der Waals surface area contributed by atoms with E-state index in [9.17, 15) is 0 Å². The van der Waals surface area contributed by atoms with E-state index in [4.69, 9.17) is 0 Å². The van der Waals surface area contributed by atoms with Crippen molar-refractivity contribution in [3.8, 4) is 0 Å². The van der Waals surface area contributed by atoms with E-state index in [1.807, 2.05) is 23.1 Å². The van der Waals surface area contributed by atoms with Gasteiger partial charge in [-0.05, 0) is 32.4 Å². The third-order valence-electron chi connectivity index (χ3n) is 2.67. The fraction of sp³-hybridized carbons (Fsp3) is 0.636. The van der Waals surface area contributed by atoms with E-state index in [0.29, 0.717) is 6.04 Å². The fourth-order valence-electron chi connectivity index (χ4n) is 1.86. The summed E-state index contributed by atoms with van der Waals surface area (Å²) < 4.78 is 0. The fourth-order valence-corrected chi connectivity index (χ4v) is 3.54. The van der Waals surface area contributed by atoms with Crippen molar-refractivity contribution < 1.29 is 0 Å². The first-order valence-corrected chi connectivity index (χ1v) is 7.04. The lowest BCUT2D eigenvalue weighted by molar-refractivity contribution is 0.502. The topological polar surface area (TPSA) is 12.0 Å². The highest BCUT2D eigenvalue weighted by Crippen LogP contribution is 2.28. The summed E-state index contributed by atoms with van der Waals surface area (Å²) >= 11 is 3.94. The van der Waals surface area contributed by atoms with Crippen LogP contribution in [0.2, 0.25) is 0 Å². The molecule has 1 nitrogen and oxygen atoms in total. The Morgan fingerprint density at radius 3 is 2.57 bits per heavy atom. The lowest BCUT2D eigenvalue weighted by Crippen LogP contribution is -2.41. The predicted molar refractivity (Wildman–Crippen MR) is 66.5 cm³/mol. The maximum Gasteiger partial charge on any atom is 0.0306 e. The summed E-state index contributed by atoms with van der Waals surface area (Å²) in [7, 11) is 0. The largest absolute Gasteiger partial charge is 0.306 e. The smallest absolute Gasteiger partial charge is 0.0306 e. The highest BCUT2D eigenvalue weighted by molar-refractivity contribution is 8.00. The monoisotopic (exact) mass is 227 g/mol. The number of hydrogen-bond acceptors (Lipinski definition) is 3. The van der Waals surface area contributed by atoms with Gasteiger partial charge in [0.05, 0.1) is 0 Å². The lowest BCUT2D eigenvalue weighted by atomic mass is 10.1. The van der Waals surface area contributed by atoms with Crippen LogP contribution in [-0.2, 0) is 0 Å². The SMILES string of the molecule is Cc1cc(C(C)NC2CSC2)c(C)s1. The van der Waals surface area contributed by atoms with Crippen LogP contribution in [0.3, 0.4) is 0 Å². The van der Waals surface area contributed by atoms with Crippen LogP contribution in [0.1, 0.15) is 28.3 Å². The molecule has 2 heterocycles. The second-order valence-corrected chi connectivity index (χ2v) is 6.53. The molecule has 1 unspecified atom stereocenters. The minimum Gasteiger partial charge on any atom is -0.306 e. The van der Waals surface area contributed by atoms with E-state index in [1.165, 1.54) is 26.8 Å². The molecule has 0 amide bonds. The number of nitrogens with one attached hydrogen (secondary N) is 1. The van der Waals surface area contributed by atoms with Crippen molar-refractivity contribution in [1.29, 1.82) is 0 Å². The Balaban J connectivity index is 2.02. The normalized spacial score (nSPS) is 19.4. The maximum absolute atomic E-state index is 3.67. The number of aryl methyl sites for hydroxylation is 2. The van der Waals surface area contributed by atoms with Crippen LogP contribution in [0.5, 0.6) is 0 Å². The van der Waals surface area contributed by atoms with Gasteiger partial charge in [-0.3, -0.25) is 0 Å². The van der Waals surface area contributed by atoms with E-state index >= 15 is 0 Å². The molecule has 1 fully saturated rings. The number of rotatable bonds is 3. The molecule has 0 aliphatic carbocycles. The van der Waals surface area contributed by atoms with Crippen molar-refractivity contribution in [3.63, 3.8) is 0 Å². The van der Waals surface area contributed by atoms with Gasteiger partial charge in [0.2, 0.25) is 0 Å². The molecule has 3 heteroatoms. The van der Waals surface area contributed by atoms with E-state index < -0.39 is 0 Å². The molecule has 0 saturated carbocycles. The minimum absolute atomic E-state index is 0.519. The molecule has 1 aliphatic rings. The zero-order chi connectivity index (χ0) is 10.1. The molecule has 1 aromatic rings. The van der Waals surface area contributed by atoms with Crippen molar-refractivity contribution in [2.45, 2.75) is 32.9 Å². The van der Waals surface area contributed by atoms with Crippen LogP contribution in [0, 0.1) is 13.8 Å². The van der Waals surface area contributed by atoms with Gasteiger partial charge in [0, 0.05) is 33.3 Å². The number of hydrogen-bond donors (Lipinski definition) is 1. The van der Waals surface area contributed by atoms with Crippen LogP contribution in [0.15, 0.2) is 6.07 Å². The van der Waals surface area contributed by atoms with Crippen molar-refractivity contribution in [3.05, 3.63) is 21.4 Å². The molecule has 0 aromatic carbocycles. The quantitative estimate of drug-likeness (QED) is 0.851. The third-order valence-corrected chi connectivity index (χ3v) is 4.93. The Morgan fingerprint density at radius 1 is 1.43 bits per heavy atom. The Hall–Kier alpha value is 0.01000. The highest BCUT2D eigenvalue weighted by atomic mass is 32.2. The Morgan fingerprint density at radius 2 is 2.14 bits per heavy atom. The average Bonchev–Trinajstić information content (AvgIpc) is 2.37. The minimum atomic E-state index is 0.519. The molecule has 14 heavy (non-hydrogen) atoms. The number of thioether (sulfide) groups is 1. The Labute approximate surface area is 94.3 Å². The van der Waals surface area contributed by atoms with E-state index in [0.717, 1.165) is 6.04 Å². The second-order valence-electron chi connectivity index (χ2n) is 3.99. The molecule has 0 radical (unpaired) electrons. The first kappa shape index (κ1) is 10.5. The van der Waals surface area contributed by atoms with Crippen molar-refractivity contribution in [1.82, 2.24) is 5.32 Å². The summed E-state index contributed by atoms with van der Waals surface area (Å²) in [5.74, 6) is 2.57. The van der Waals surface area contributed by atoms with E-state index in [-0.39, 0.29) is 0 Å². The average molecular weight is 227 g/mol. The standard InChI is InChI=1S/C11H17NS2/c1-7-4-11(9(3)14-7)8(2)12-10-5-13-6-10/h4,8,10,12H,5-6H2,1-3H3. The third kappa shape index (κ3) is 2.15. The maximum atomic E-state index is 3.67. The second kappa shape index (κ2) is 4.25. The Kier molecular flexibility index (Phi) is 3.20. The molecule has 78 valence electrons. The zero-order valence-electron chi connectivity index (χ0n) is 8.96. The first-order valence-electron chi connectivity index (χ1n) is 5.07. The summed E-state index contributed by atoms with van der Waals surface area (Å²) in [5, 5.41) is 3.67. The Bertz CT molecular complexity index is 315. The van der Waals surface area contributed by atoms with Crippen molar-refractivity contribution >= 4 is 23.1 Å². The van der Waals surface area contributed by atoms with Crippen LogP contribution in [0.25, 0.3) is 0 Å². The molecule has 1 saturated heterocycles. The molecule has 1 aromatic heterocycles. The molecule has 0 bridgehead atoms. The summed E-state index contributed by atoms with van der Waals surface area (Å²) in [4.78, 5) is 2.89. The zero-order valence-corrected chi connectivity index (χ0v) is 10.6. The van der Waals surface area contributed by atoms with Gasteiger partial charge < -0.3 is 5.32 Å². The van der Waals surface area contributed by atoms with Gasteiger partial charge in [-0.15, -0.1) is 11.3 Å². The van der Waals surface area contributed by atoms with Gasteiger partial charge in [0.25, 0.3) is 0 Å². The summed E-state index contributed by atoms with van der Waals surface area (Å²) in [6, 6.07) is 3.59. The molecule has 1 aliphatic heterocycles. The molecule has 0 spiro atoms. The molecule has 1 atom stereocenters. The molecular formula is C11H17NS2. The van der Waals surface area contributed by atoms with Crippen LogP contribution in [-0.4, -0.2) is 17.5 Å². The van der Waals surface area contributed by atoms with Crippen molar-refractivity contribution in [2.75, 3.05) is 11.5 Å². The van der Waals surface area contributed by atoms with Gasteiger partial charge in [-0.1, -0.05) is 0 Å². The molecule has 1 N–H and O–H groups in total. The highest BCUT2D eigenvalue weighted by Gasteiger charge is 2.21. The summed E-state index contributed by atoms with van der Waals surface area (Å²) in [5.41, 5.74) is 1.49. The molecule has 2 rings (SSSR count). The van der Waals surface area contributed by atoms with Gasteiger partial charge >= 0.3 is 0 Å². The van der Waals surface area contributed by atoms with Gasteiger partial charge in [0.1, 0.15) is 0 Å². The number of thiophene rings is 1. The van der Waals surface area contributed by atoms with Crippen LogP contribution in [0.4, 0.5) is 0 Å². The lowest BCUT2D eigenvalue weighted by Gasteiger charge is -2.29. The molecular weight excluding hydrogens is 210 g/mol. The summed E-state index contributed by atoms with van der Waals surface area (Å²) in [6.45, 7) is 6.69. The van der Waals surface area contributed by atoms with Crippen LogP contribution < -0.4 is 5.32 Å². The first-order chi connectivity index (χ1) is 6.66. The van der Waals surface area contributed by atoms with Crippen LogP contribution >= 0.6 is 23.1 Å². The van der Waals surface area contributed by atoms with Crippen molar-refractivity contribution in [2.24, 2.45) is 0 Å². The van der Waals surface area contributed by atoms with E-state index in [2.05, 4.69) is 32.2 Å². The van der Waals surface area contributed by atoms with Gasteiger partial charge in [-0.2, -0.15) is 11.8 Å². The van der Waals surface area contributed by atoms with E-state index in [1.54, 1.807) is 0 Å². The summed E-state index contributed by atoms with van der Waals surface area (Å²) in [6.07, 6.45) is 0. The van der Waals surface area contributed by atoms with Gasteiger partial charge in [0.15, 0.2) is 0 Å².